The van der Waals surface area contributed by atoms with Crippen LogP contribution in [0.2, 0.25) is 0 Å². The van der Waals surface area contributed by atoms with Gasteiger partial charge in [-0.2, -0.15) is 0 Å². The van der Waals surface area contributed by atoms with E-state index in [1.165, 1.54) is 15.4 Å². The Balaban J connectivity index is 2.35. The van der Waals surface area contributed by atoms with Gasteiger partial charge in [0.25, 0.3) is 0 Å². The number of hydrogen-bond acceptors (Lipinski definition) is 3. The molecule has 1 nitrogen and oxygen atoms in total. The average molecular weight is 193 g/mol. The topological polar surface area (TPSA) is 3.24 Å². The molecule has 0 atom stereocenters. The highest BCUT2D eigenvalue weighted by molar-refractivity contribution is 8.02. The molecule has 0 saturated heterocycles. The standard InChI is InChI=1S/C9H7NS2/c1-2-12-9-3-8-5-11-6-10(8)4-7(1)9/h1-5H,6H2. The summed E-state index contributed by atoms with van der Waals surface area (Å²) in [5, 5.41) is 5.73. The van der Waals surface area contributed by atoms with Crippen LogP contribution in [0.1, 0.15) is 0 Å². The van der Waals surface area contributed by atoms with Crippen LogP contribution in [-0.4, -0.2) is 10.8 Å². The van der Waals surface area contributed by atoms with Crippen molar-refractivity contribution < 1.29 is 0 Å². The van der Waals surface area contributed by atoms with Crippen LogP contribution < -0.4 is 9.75 Å². The van der Waals surface area contributed by atoms with Crippen LogP contribution in [0.15, 0.2) is 22.6 Å². The van der Waals surface area contributed by atoms with Crippen molar-refractivity contribution in [2.45, 2.75) is 0 Å². The molecule has 3 rings (SSSR count). The maximum atomic E-state index is 2.29. The Kier molecular flexibility index (Phi) is 1.36. The maximum Gasteiger partial charge on any atom is 0.0724 e. The van der Waals surface area contributed by atoms with Crippen molar-refractivity contribution in [3.63, 3.8) is 0 Å². The first kappa shape index (κ1) is 6.80. The van der Waals surface area contributed by atoms with Crippen molar-refractivity contribution in [3.8, 4) is 0 Å². The Hall–Kier alpha value is -0.670. The van der Waals surface area contributed by atoms with Crippen molar-refractivity contribution in [2.24, 2.45) is 0 Å². The second-order valence-corrected chi connectivity index (χ2v) is 4.60. The van der Waals surface area contributed by atoms with Crippen LogP contribution in [0.25, 0.3) is 12.3 Å². The van der Waals surface area contributed by atoms with Gasteiger partial charge in [0.2, 0.25) is 0 Å². The first-order valence-corrected chi connectivity index (χ1v) is 5.72. The molecule has 3 heteroatoms. The second kappa shape index (κ2) is 2.41. The zero-order valence-corrected chi connectivity index (χ0v) is 7.99. The minimum atomic E-state index is 1.07. The van der Waals surface area contributed by atoms with Crippen LogP contribution in [0.4, 0.5) is 0 Å². The Bertz CT molecular complexity index is 455. The van der Waals surface area contributed by atoms with Gasteiger partial charge in [-0.15, -0.1) is 23.1 Å². The molecule has 0 radical (unpaired) electrons. The summed E-state index contributed by atoms with van der Waals surface area (Å²) in [6.07, 6.45) is 4.50. The largest absolute Gasteiger partial charge is 0.337 e. The fraction of sp³-hybridized carbons (Fsp3) is 0.111. The molecule has 60 valence electrons. The first-order chi connectivity index (χ1) is 5.93. The molecule has 1 aromatic rings. The third-order valence-corrected chi connectivity index (χ3v) is 3.77. The lowest BCUT2D eigenvalue weighted by Crippen LogP contribution is -2.28. The summed E-state index contributed by atoms with van der Waals surface area (Å²) in [4.78, 5) is 2.29. The van der Waals surface area contributed by atoms with E-state index in [1.54, 1.807) is 0 Å². The minimum absolute atomic E-state index is 1.07. The summed E-state index contributed by atoms with van der Waals surface area (Å²) < 4.78 is 1.39. The number of allylic oxidation sites excluding steroid dienone is 1. The van der Waals surface area contributed by atoms with Crippen molar-refractivity contribution >= 4 is 35.4 Å². The number of nitrogens with zero attached hydrogens (tertiary/aromatic N) is 1. The van der Waals surface area contributed by atoms with E-state index in [0.717, 1.165) is 5.88 Å². The molecule has 12 heavy (non-hydrogen) atoms. The predicted molar refractivity (Wildman–Crippen MR) is 54.9 cm³/mol. The zero-order chi connectivity index (χ0) is 7.97. The molecule has 0 unspecified atom stereocenters. The first-order valence-electron chi connectivity index (χ1n) is 3.79. The van der Waals surface area contributed by atoms with Crippen LogP contribution in [0.5, 0.6) is 0 Å². The van der Waals surface area contributed by atoms with Gasteiger partial charge in [0, 0.05) is 21.6 Å². The van der Waals surface area contributed by atoms with Gasteiger partial charge in [0.1, 0.15) is 0 Å². The average Bonchev–Trinajstić information content (AvgIpc) is 2.64. The summed E-state index contributed by atoms with van der Waals surface area (Å²) in [7, 11) is 0. The number of fused-ring (bicyclic) bond motifs is 2. The summed E-state index contributed by atoms with van der Waals surface area (Å²) in [6.45, 7) is 0. The lowest BCUT2D eigenvalue weighted by atomic mass is 10.3. The number of hydrogen-bond donors (Lipinski definition) is 0. The zero-order valence-electron chi connectivity index (χ0n) is 6.36. The molecule has 0 aromatic carbocycles. The molecule has 0 amide bonds. The third-order valence-electron chi connectivity index (χ3n) is 2.05. The monoisotopic (exact) mass is 193 g/mol. The Morgan fingerprint density at radius 3 is 3.42 bits per heavy atom. The lowest BCUT2D eigenvalue weighted by molar-refractivity contribution is 0.633. The van der Waals surface area contributed by atoms with E-state index in [0.29, 0.717) is 0 Å². The lowest BCUT2D eigenvalue weighted by Gasteiger charge is -2.15. The van der Waals surface area contributed by atoms with Gasteiger partial charge in [0.15, 0.2) is 0 Å². The smallest absolute Gasteiger partial charge is 0.0724 e. The van der Waals surface area contributed by atoms with Crippen molar-refractivity contribution in [1.82, 2.24) is 4.90 Å². The van der Waals surface area contributed by atoms with E-state index >= 15 is 0 Å². The Labute approximate surface area is 78.7 Å². The van der Waals surface area contributed by atoms with Crippen molar-refractivity contribution in [2.75, 3.05) is 5.88 Å². The molecular weight excluding hydrogens is 186 g/mol. The van der Waals surface area contributed by atoms with E-state index < -0.39 is 0 Å². The molecule has 2 aliphatic rings. The molecule has 0 spiro atoms. The highest BCUT2D eigenvalue weighted by Gasteiger charge is 2.13. The Morgan fingerprint density at radius 2 is 2.42 bits per heavy atom. The fourth-order valence-electron chi connectivity index (χ4n) is 1.43. The normalized spacial score (nSPS) is 19.0. The van der Waals surface area contributed by atoms with Crippen LogP contribution in [0, 0.1) is 0 Å². The van der Waals surface area contributed by atoms with Crippen LogP contribution >= 0.6 is 23.1 Å². The summed E-state index contributed by atoms with van der Waals surface area (Å²) in [5.74, 6) is 1.07. The number of thioether (sulfide) groups is 1. The Morgan fingerprint density at radius 1 is 1.42 bits per heavy atom. The molecule has 0 N–H and O–H groups in total. The summed E-state index contributed by atoms with van der Waals surface area (Å²) in [5.41, 5.74) is 1.34. The summed E-state index contributed by atoms with van der Waals surface area (Å²) in [6, 6.07) is 2.18. The van der Waals surface area contributed by atoms with E-state index in [9.17, 15) is 0 Å². The molecule has 0 bridgehead atoms. The van der Waals surface area contributed by atoms with E-state index in [2.05, 4.69) is 34.0 Å². The predicted octanol–water partition coefficient (Wildman–Crippen LogP) is 1.13. The maximum absolute atomic E-state index is 2.29. The molecule has 0 saturated carbocycles. The van der Waals surface area contributed by atoms with Gasteiger partial charge < -0.3 is 4.90 Å². The minimum Gasteiger partial charge on any atom is -0.337 e. The molecule has 1 aromatic heterocycles. The number of thiophene rings is 1. The molecule has 3 heterocycles. The molecular formula is C9H7NS2. The fourth-order valence-corrected chi connectivity index (χ4v) is 3.07. The van der Waals surface area contributed by atoms with Gasteiger partial charge in [-0.05, 0) is 22.9 Å². The van der Waals surface area contributed by atoms with Crippen molar-refractivity contribution in [3.05, 3.63) is 32.3 Å². The van der Waals surface area contributed by atoms with E-state index in [-0.39, 0.29) is 0 Å². The third kappa shape index (κ3) is 0.867. The van der Waals surface area contributed by atoms with Gasteiger partial charge in [-0.3, -0.25) is 0 Å². The van der Waals surface area contributed by atoms with Crippen LogP contribution in [0.3, 0.4) is 0 Å². The van der Waals surface area contributed by atoms with Gasteiger partial charge in [0.05, 0.1) is 5.88 Å². The second-order valence-electron chi connectivity index (χ2n) is 2.82. The highest BCUT2D eigenvalue weighted by Crippen LogP contribution is 2.25. The highest BCUT2D eigenvalue weighted by atomic mass is 32.2. The van der Waals surface area contributed by atoms with Gasteiger partial charge >= 0.3 is 0 Å². The molecule has 2 aliphatic heterocycles. The van der Waals surface area contributed by atoms with Crippen LogP contribution in [-0.2, 0) is 0 Å². The van der Waals surface area contributed by atoms with Gasteiger partial charge in [-0.25, -0.2) is 0 Å². The SMILES string of the molecule is C1=C2C=c3sccc3=CN2CS1. The summed E-state index contributed by atoms with van der Waals surface area (Å²) >= 11 is 3.67. The van der Waals surface area contributed by atoms with E-state index in [4.69, 9.17) is 0 Å². The quantitative estimate of drug-likeness (QED) is 0.607. The molecule has 0 aliphatic carbocycles. The number of rotatable bonds is 0. The molecule has 0 fully saturated rings. The van der Waals surface area contributed by atoms with E-state index in [1.807, 2.05) is 23.1 Å². The van der Waals surface area contributed by atoms with Crippen molar-refractivity contribution in [1.29, 1.82) is 0 Å². The van der Waals surface area contributed by atoms with Gasteiger partial charge in [-0.1, -0.05) is 0 Å².